The van der Waals surface area contributed by atoms with E-state index in [1.807, 2.05) is 20.8 Å². The summed E-state index contributed by atoms with van der Waals surface area (Å²) in [4.78, 5) is 0. The number of nitrogens with zero attached hydrogens (tertiary/aromatic N) is 1. The van der Waals surface area contributed by atoms with E-state index in [0.717, 1.165) is 6.42 Å². The molecule has 0 unspecified atom stereocenters. The second-order valence-corrected chi connectivity index (χ2v) is 5.94. The third-order valence-corrected chi connectivity index (χ3v) is 2.94. The maximum atomic E-state index is 11.4. The highest BCUT2D eigenvalue weighted by Gasteiger charge is 2.18. The molecule has 0 saturated carbocycles. The van der Waals surface area contributed by atoms with Crippen LogP contribution in [0.25, 0.3) is 0 Å². The van der Waals surface area contributed by atoms with E-state index < -0.39 is 11.0 Å². The molecule has 0 fully saturated rings. The predicted molar refractivity (Wildman–Crippen MR) is 55.8 cm³/mol. The molecule has 2 nitrogen and oxygen atoms in total. The summed E-state index contributed by atoms with van der Waals surface area (Å²) in [5.74, 6) is 0.427. The Balaban J connectivity index is 4.10. The quantitative estimate of drug-likeness (QED) is 0.627. The van der Waals surface area contributed by atoms with Crippen LogP contribution in [-0.4, -0.2) is 15.2 Å². The van der Waals surface area contributed by atoms with Crippen LogP contribution in [-0.2, 0) is 11.0 Å². The van der Waals surface area contributed by atoms with Gasteiger partial charge in [0.2, 0.25) is 0 Å². The Morgan fingerprint density at radius 1 is 1.50 bits per heavy atom. The molecule has 2 atom stereocenters. The summed E-state index contributed by atoms with van der Waals surface area (Å²) in [6.45, 7) is 9.95. The van der Waals surface area contributed by atoms with Crippen molar-refractivity contribution in [2.24, 2.45) is 10.3 Å². The van der Waals surface area contributed by atoms with Gasteiger partial charge in [-0.15, -0.1) is 0 Å². The van der Waals surface area contributed by atoms with Gasteiger partial charge in [0, 0.05) is 6.21 Å². The Labute approximate surface area is 78.1 Å². The van der Waals surface area contributed by atoms with Gasteiger partial charge in [-0.25, -0.2) is 4.21 Å². The molecule has 3 heteroatoms. The van der Waals surface area contributed by atoms with Crippen LogP contribution >= 0.6 is 0 Å². The molecule has 0 aliphatic rings. The van der Waals surface area contributed by atoms with E-state index in [-0.39, 0.29) is 4.75 Å². The molecule has 0 rings (SSSR count). The maximum Gasteiger partial charge on any atom is 0.144 e. The van der Waals surface area contributed by atoms with E-state index >= 15 is 0 Å². The molecule has 0 radical (unpaired) electrons. The lowest BCUT2D eigenvalue weighted by molar-refractivity contribution is 0.650. The van der Waals surface area contributed by atoms with Crippen molar-refractivity contribution in [3.8, 4) is 0 Å². The van der Waals surface area contributed by atoms with Crippen LogP contribution in [0.15, 0.2) is 4.40 Å². The van der Waals surface area contributed by atoms with Crippen molar-refractivity contribution in [3.05, 3.63) is 0 Å². The first-order valence-corrected chi connectivity index (χ1v) is 5.44. The van der Waals surface area contributed by atoms with Gasteiger partial charge in [0.1, 0.15) is 11.0 Å². The van der Waals surface area contributed by atoms with Crippen LogP contribution in [0.3, 0.4) is 0 Å². The fourth-order valence-electron chi connectivity index (χ4n) is 0.423. The van der Waals surface area contributed by atoms with Crippen molar-refractivity contribution < 1.29 is 4.21 Å². The number of hydrogen-bond donors (Lipinski definition) is 0. The molecular weight excluding hydrogens is 170 g/mol. The Bertz CT molecular complexity index is 181. The van der Waals surface area contributed by atoms with Crippen LogP contribution in [0.2, 0.25) is 0 Å². The van der Waals surface area contributed by atoms with Gasteiger partial charge in [0.05, 0.1) is 4.75 Å². The molecule has 0 spiro atoms. The molecule has 72 valence electrons. The largest absolute Gasteiger partial charge is 0.234 e. The first kappa shape index (κ1) is 11.8. The van der Waals surface area contributed by atoms with E-state index in [4.69, 9.17) is 0 Å². The summed E-state index contributed by atoms with van der Waals surface area (Å²) >= 11 is 0. The van der Waals surface area contributed by atoms with Crippen LogP contribution < -0.4 is 0 Å². The third-order valence-electron chi connectivity index (χ3n) is 1.58. The summed E-state index contributed by atoms with van der Waals surface area (Å²) < 4.78 is 15.2. The van der Waals surface area contributed by atoms with Crippen molar-refractivity contribution in [2.75, 3.05) is 0 Å². The van der Waals surface area contributed by atoms with Gasteiger partial charge in [0.15, 0.2) is 0 Å². The van der Waals surface area contributed by atoms with E-state index in [9.17, 15) is 4.21 Å². The minimum Gasteiger partial charge on any atom is -0.234 e. The summed E-state index contributed by atoms with van der Waals surface area (Å²) in [6, 6.07) is 0. The predicted octanol–water partition coefficient (Wildman–Crippen LogP) is 2.57. The van der Waals surface area contributed by atoms with Gasteiger partial charge in [0.25, 0.3) is 0 Å². The monoisotopic (exact) mass is 189 g/mol. The highest BCUT2D eigenvalue weighted by Crippen LogP contribution is 2.12. The standard InChI is InChI=1S/C9H19NOS/c1-6-8(2)7-10-12(11)9(3,4)5/h7-8H,6H2,1-5H3/t8-,12+/m1/s1. The topological polar surface area (TPSA) is 29.4 Å². The van der Waals surface area contributed by atoms with Crippen LogP contribution in [0.4, 0.5) is 0 Å². The lowest BCUT2D eigenvalue weighted by Gasteiger charge is -2.13. The van der Waals surface area contributed by atoms with E-state index in [2.05, 4.69) is 18.2 Å². The van der Waals surface area contributed by atoms with Crippen molar-refractivity contribution in [2.45, 2.75) is 45.8 Å². The van der Waals surface area contributed by atoms with E-state index in [0.29, 0.717) is 5.92 Å². The minimum absolute atomic E-state index is 0.232. The normalized spacial score (nSPS) is 18.1. The molecule has 0 aliphatic heterocycles. The third kappa shape index (κ3) is 4.65. The Morgan fingerprint density at radius 2 is 2.00 bits per heavy atom. The molecule has 0 N–H and O–H groups in total. The van der Waals surface area contributed by atoms with Crippen molar-refractivity contribution in [1.29, 1.82) is 0 Å². The maximum absolute atomic E-state index is 11.4. The Kier molecular flexibility index (Phi) is 4.68. The summed E-state index contributed by atoms with van der Waals surface area (Å²) in [7, 11) is -1.09. The summed E-state index contributed by atoms with van der Waals surface area (Å²) in [5.41, 5.74) is 0. The SMILES string of the molecule is CC[C@@H](C)C=N[S@@](=O)C(C)(C)C. The second-order valence-electron chi connectivity index (χ2n) is 4.00. The summed E-state index contributed by atoms with van der Waals surface area (Å²) in [6.07, 6.45) is 2.84. The molecule has 0 saturated heterocycles. The molecule has 0 aromatic rings. The van der Waals surface area contributed by atoms with Gasteiger partial charge in [-0.05, 0) is 33.1 Å². The highest BCUT2D eigenvalue weighted by atomic mass is 32.2. The highest BCUT2D eigenvalue weighted by molar-refractivity contribution is 7.85. The fourth-order valence-corrected chi connectivity index (χ4v) is 1.06. The Morgan fingerprint density at radius 3 is 2.33 bits per heavy atom. The van der Waals surface area contributed by atoms with Gasteiger partial charge >= 0.3 is 0 Å². The van der Waals surface area contributed by atoms with Crippen molar-refractivity contribution in [3.63, 3.8) is 0 Å². The molecule has 0 aromatic heterocycles. The van der Waals surface area contributed by atoms with E-state index in [1.54, 1.807) is 6.21 Å². The van der Waals surface area contributed by atoms with E-state index in [1.165, 1.54) is 0 Å². The number of hydrogen-bond acceptors (Lipinski definition) is 1. The minimum atomic E-state index is -1.09. The zero-order chi connectivity index (χ0) is 9.78. The zero-order valence-electron chi connectivity index (χ0n) is 8.63. The van der Waals surface area contributed by atoms with Gasteiger partial charge < -0.3 is 0 Å². The first-order valence-electron chi connectivity index (χ1n) is 4.34. The molecule has 0 bridgehead atoms. The molecule has 0 amide bonds. The average molecular weight is 189 g/mol. The smallest absolute Gasteiger partial charge is 0.144 e. The Hall–Kier alpha value is -0.180. The summed E-state index contributed by atoms with van der Waals surface area (Å²) in [5, 5.41) is 0. The first-order chi connectivity index (χ1) is 5.38. The zero-order valence-corrected chi connectivity index (χ0v) is 9.44. The number of rotatable bonds is 3. The average Bonchev–Trinajstić information content (AvgIpc) is 1.97. The van der Waals surface area contributed by atoms with Crippen LogP contribution in [0.1, 0.15) is 41.0 Å². The van der Waals surface area contributed by atoms with Gasteiger partial charge in [-0.1, -0.05) is 13.8 Å². The molecule has 0 aromatic carbocycles. The molecular formula is C9H19NOS. The van der Waals surface area contributed by atoms with Crippen LogP contribution in [0.5, 0.6) is 0 Å². The van der Waals surface area contributed by atoms with Crippen LogP contribution in [0, 0.1) is 5.92 Å². The van der Waals surface area contributed by atoms with Crippen molar-refractivity contribution in [1.82, 2.24) is 0 Å². The van der Waals surface area contributed by atoms with Crippen molar-refractivity contribution >= 4 is 17.2 Å². The van der Waals surface area contributed by atoms with Gasteiger partial charge in [-0.3, -0.25) is 0 Å². The molecule has 0 aliphatic carbocycles. The lowest BCUT2D eigenvalue weighted by atomic mass is 10.1. The fraction of sp³-hybridized carbons (Fsp3) is 0.889. The second kappa shape index (κ2) is 4.75. The van der Waals surface area contributed by atoms with Gasteiger partial charge in [-0.2, -0.15) is 4.40 Å². The molecule has 12 heavy (non-hydrogen) atoms. The molecule has 0 heterocycles. The lowest BCUT2D eigenvalue weighted by Crippen LogP contribution is -2.20.